The third-order valence-corrected chi connectivity index (χ3v) is 3.06. The number of hydrogen-bond donors (Lipinski definition) is 1. The van der Waals surface area contributed by atoms with Crippen LogP contribution in [0.5, 0.6) is 5.75 Å². The Hall–Kier alpha value is -1.25. The van der Waals surface area contributed by atoms with E-state index in [0.717, 1.165) is 18.4 Å². The van der Waals surface area contributed by atoms with Crippen LogP contribution in [0.2, 0.25) is 0 Å². The van der Waals surface area contributed by atoms with Gasteiger partial charge in [-0.05, 0) is 31.6 Å². The van der Waals surface area contributed by atoms with Crippen molar-refractivity contribution >= 4 is 0 Å². The highest BCUT2D eigenvalue weighted by atomic mass is 16.4. The molecule has 3 heteroatoms. The monoisotopic (exact) mass is 252 g/mol. The topological polar surface area (TPSA) is 50.4 Å². The first-order valence-corrected chi connectivity index (χ1v) is 6.67. The first-order chi connectivity index (χ1) is 8.32. The standard InChI is InChI=1S/C15H24O3/c1-9(2)6-7-13-12(8-10(3)4)14(16)11(5)15(17)18-13/h9-10,16H,6-8H2,1-5H3. The minimum Gasteiger partial charge on any atom is -0.507 e. The van der Waals surface area contributed by atoms with Crippen LogP contribution in [0.4, 0.5) is 0 Å². The van der Waals surface area contributed by atoms with Crippen LogP contribution in [0.15, 0.2) is 9.21 Å². The lowest BCUT2D eigenvalue weighted by molar-refractivity contribution is 0.389. The number of hydrogen-bond acceptors (Lipinski definition) is 3. The van der Waals surface area contributed by atoms with Crippen molar-refractivity contribution in [2.24, 2.45) is 11.8 Å². The SMILES string of the molecule is Cc1c(O)c(CC(C)C)c(CCC(C)C)oc1=O. The normalized spacial score (nSPS) is 11.5. The van der Waals surface area contributed by atoms with Crippen molar-refractivity contribution in [3.63, 3.8) is 0 Å². The van der Waals surface area contributed by atoms with Gasteiger partial charge in [0.15, 0.2) is 0 Å². The molecule has 0 spiro atoms. The molecule has 0 aliphatic heterocycles. The van der Waals surface area contributed by atoms with Gasteiger partial charge in [-0.1, -0.05) is 27.7 Å². The third kappa shape index (κ3) is 3.62. The van der Waals surface area contributed by atoms with Gasteiger partial charge in [-0.25, -0.2) is 4.79 Å². The van der Waals surface area contributed by atoms with Crippen molar-refractivity contribution in [1.29, 1.82) is 0 Å². The highest BCUT2D eigenvalue weighted by Gasteiger charge is 2.17. The molecule has 0 atom stereocenters. The first kappa shape index (κ1) is 14.8. The Kier molecular flexibility index (Phi) is 5.00. The molecule has 1 rings (SSSR count). The van der Waals surface area contributed by atoms with E-state index in [-0.39, 0.29) is 5.75 Å². The van der Waals surface area contributed by atoms with Crippen LogP contribution >= 0.6 is 0 Å². The fourth-order valence-electron chi connectivity index (χ4n) is 1.95. The van der Waals surface area contributed by atoms with Gasteiger partial charge in [0, 0.05) is 12.0 Å². The largest absolute Gasteiger partial charge is 0.507 e. The predicted molar refractivity (Wildman–Crippen MR) is 73.1 cm³/mol. The van der Waals surface area contributed by atoms with Crippen molar-refractivity contribution in [1.82, 2.24) is 0 Å². The molecule has 102 valence electrons. The molecule has 0 aromatic carbocycles. The van der Waals surface area contributed by atoms with Gasteiger partial charge in [-0.2, -0.15) is 0 Å². The summed E-state index contributed by atoms with van der Waals surface area (Å²) in [5.74, 6) is 1.75. The van der Waals surface area contributed by atoms with Gasteiger partial charge in [0.2, 0.25) is 0 Å². The second kappa shape index (κ2) is 6.07. The average molecular weight is 252 g/mol. The average Bonchev–Trinajstić information content (AvgIpc) is 2.27. The second-order valence-corrected chi connectivity index (χ2v) is 5.80. The fourth-order valence-corrected chi connectivity index (χ4v) is 1.95. The Morgan fingerprint density at radius 3 is 2.28 bits per heavy atom. The number of aromatic hydroxyl groups is 1. The highest BCUT2D eigenvalue weighted by molar-refractivity contribution is 5.39. The summed E-state index contributed by atoms with van der Waals surface area (Å²) < 4.78 is 5.36. The van der Waals surface area contributed by atoms with Crippen molar-refractivity contribution in [3.05, 3.63) is 27.3 Å². The Morgan fingerprint density at radius 1 is 1.17 bits per heavy atom. The van der Waals surface area contributed by atoms with Crippen molar-refractivity contribution in [2.45, 2.75) is 53.9 Å². The molecule has 0 fully saturated rings. The van der Waals surface area contributed by atoms with Gasteiger partial charge in [-0.15, -0.1) is 0 Å². The molecular formula is C15H24O3. The summed E-state index contributed by atoms with van der Waals surface area (Å²) in [7, 11) is 0. The quantitative estimate of drug-likeness (QED) is 0.873. The Labute approximate surface area is 109 Å². The summed E-state index contributed by atoms with van der Waals surface area (Å²) in [5, 5.41) is 10.1. The van der Waals surface area contributed by atoms with E-state index in [1.807, 2.05) is 0 Å². The Balaban J connectivity index is 3.16. The van der Waals surface area contributed by atoms with Gasteiger partial charge in [-0.3, -0.25) is 0 Å². The molecule has 1 aromatic rings. The molecule has 0 radical (unpaired) electrons. The van der Waals surface area contributed by atoms with Gasteiger partial charge in [0.25, 0.3) is 0 Å². The minimum absolute atomic E-state index is 0.124. The maximum Gasteiger partial charge on any atom is 0.342 e. The van der Waals surface area contributed by atoms with E-state index in [2.05, 4.69) is 27.7 Å². The molecule has 1 heterocycles. The van der Waals surface area contributed by atoms with Crippen molar-refractivity contribution in [3.8, 4) is 5.75 Å². The zero-order chi connectivity index (χ0) is 13.9. The lowest BCUT2D eigenvalue weighted by Crippen LogP contribution is -2.11. The van der Waals surface area contributed by atoms with Crippen molar-refractivity contribution in [2.75, 3.05) is 0 Å². The zero-order valence-corrected chi connectivity index (χ0v) is 12.0. The van der Waals surface area contributed by atoms with Crippen LogP contribution in [0.1, 0.15) is 51.0 Å². The molecule has 3 nitrogen and oxygen atoms in total. The Morgan fingerprint density at radius 2 is 1.78 bits per heavy atom. The third-order valence-electron chi connectivity index (χ3n) is 3.06. The molecule has 1 aromatic heterocycles. The molecule has 0 amide bonds. The van der Waals surface area contributed by atoms with E-state index in [4.69, 9.17) is 4.42 Å². The van der Waals surface area contributed by atoms with E-state index >= 15 is 0 Å². The van der Waals surface area contributed by atoms with Crippen LogP contribution in [-0.4, -0.2) is 5.11 Å². The van der Waals surface area contributed by atoms with Crippen LogP contribution in [0, 0.1) is 18.8 Å². The summed E-state index contributed by atoms with van der Waals surface area (Å²) in [6.45, 7) is 10.1. The first-order valence-electron chi connectivity index (χ1n) is 6.67. The van der Waals surface area contributed by atoms with Crippen LogP contribution in [0.25, 0.3) is 0 Å². The lowest BCUT2D eigenvalue weighted by atomic mass is 9.96. The number of rotatable bonds is 5. The summed E-state index contributed by atoms with van der Waals surface area (Å²) in [6, 6.07) is 0. The molecule has 18 heavy (non-hydrogen) atoms. The summed E-state index contributed by atoms with van der Waals surface area (Å²) >= 11 is 0. The molecular weight excluding hydrogens is 228 g/mol. The predicted octanol–water partition coefficient (Wildman–Crippen LogP) is 3.44. The van der Waals surface area contributed by atoms with E-state index in [0.29, 0.717) is 29.6 Å². The van der Waals surface area contributed by atoms with Crippen LogP contribution in [0.3, 0.4) is 0 Å². The fraction of sp³-hybridized carbons (Fsp3) is 0.667. The molecule has 0 aliphatic rings. The van der Waals surface area contributed by atoms with Crippen LogP contribution in [-0.2, 0) is 12.8 Å². The maximum absolute atomic E-state index is 11.6. The van der Waals surface area contributed by atoms with E-state index in [1.54, 1.807) is 6.92 Å². The van der Waals surface area contributed by atoms with E-state index in [1.165, 1.54) is 0 Å². The van der Waals surface area contributed by atoms with Gasteiger partial charge < -0.3 is 9.52 Å². The molecule has 1 N–H and O–H groups in total. The molecule has 0 bridgehead atoms. The zero-order valence-electron chi connectivity index (χ0n) is 12.0. The van der Waals surface area contributed by atoms with E-state index < -0.39 is 5.63 Å². The van der Waals surface area contributed by atoms with Gasteiger partial charge >= 0.3 is 5.63 Å². The van der Waals surface area contributed by atoms with Crippen LogP contribution < -0.4 is 5.63 Å². The summed E-state index contributed by atoms with van der Waals surface area (Å²) in [5.41, 5.74) is 0.709. The minimum atomic E-state index is -0.418. The molecule has 0 aliphatic carbocycles. The molecule has 0 saturated carbocycles. The van der Waals surface area contributed by atoms with Crippen molar-refractivity contribution < 1.29 is 9.52 Å². The molecule has 0 saturated heterocycles. The smallest absolute Gasteiger partial charge is 0.342 e. The van der Waals surface area contributed by atoms with E-state index in [9.17, 15) is 9.90 Å². The highest BCUT2D eigenvalue weighted by Crippen LogP contribution is 2.27. The van der Waals surface area contributed by atoms with Gasteiger partial charge in [0.05, 0.1) is 5.56 Å². The summed E-state index contributed by atoms with van der Waals surface area (Å²) in [4.78, 5) is 11.6. The van der Waals surface area contributed by atoms with Gasteiger partial charge in [0.1, 0.15) is 11.5 Å². The Bertz CT molecular complexity index is 456. The summed E-state index contributed by atoms with van der Waals surface area (Å²) in [6.07, 6.45) is 2.41. The molecule has 0 unspecified atom stereocenters. The maximum atomic E-state index is 11.6. The lowest BCUT2D eigenvalue weighted by Gasteiger charge is -2.14. The number of aryl methyl sites for hydroxylation is 1. The second-order valence-electron chi connectivity index (χ2n) is 5.80.